The molecule has 1 aromatic carbocycles. The third-order valence-electron chi connectivity index (χ3n) is 3.38. The molecule has 0 bridgehead atoms. The first-order valence-corrected chi connectivity index (χ1v) is 6.67. The molecule has 0 amide bonds. The van der Waals surface area contributed by atoms with Gasteiger partial charge in [-0.05, 0) is 37.5 Å². The van der Waals surface area contributed by atoms with Gasteiger partial charge in [0.15, 0.2) is 0 Å². The van der Waals surface area contributed by atoms with Gasteiger partial charge in [0.25, 0.3) is 0 Å². The molecule has 2 rings (SSSR count). The molecule has 110 valence electrons. The first-order valence-electron chi connectivity index (χ1n) is 6.67. The monoisotopic (exact) mass is 285 g/mol. The predicted molar refractivity (Wildman–Crippen MR) is 73.1 cm³/mol. The number of nitrogens with zero attached hydrogens (tertiary/aromatic N) is 1. The van der Waals surface area contributed by atoms with Crippen LogP contribution in [0.1, 0.15) is 37.3 Å². The van der Waals surface area contributed by atoms with Crippen LogP contribution >= 0.6 is 0 Å². The Morgan fingerprint density at radius 1 is 1.40 bits per heavy atom. The summed E-state index contributed by atoms with van der Waals surface area (Å²) in [5.41, 5.74) is 4.94. The van der Waals surface area contributed by atoms with Crippen molar-refractivity contribution in [2.75, 3.05) is 11.4 Å². The molecule has 0 unspecified atom stereocenters. The van der Waals surface area contributed by atoms with Crippen molar-refractivity contribution in [3.05, 3.63) is 29.3 Å². The molecule has 20 heavy (non-hydrogen) atoms. The standard InChI is InChI=1S/C14H18F3N3/c1-2-7-20(9-3-4-9)10-5-6-12(14(15,16)17)11(8-10)13(18)19/h5-6,8-9H,2-4,7H2,1H3,(H3,18,19). The largest absolute Gasteiger partial charge is 0.417 e. The summed E-state index contributed by atoms with van der Waals surface area (Å²) >= 11 is 0. The quantitative estimate of drug-likeness (QED) is 0.643. The number of alkyl halides is 3. The SMILES string of the molecule is CCCN(c1ccc(C(F)(F)F)c(C(=N)N)c1)C1CC1. The Morgan fingerprint density at radius 2 is 2.05 bits per heavy atom. The second kappa shape index (κ2) is 5.34. The van der Waals surface area contributed by atoms with Gasteiger partial charge < -0.3 is 10.6 Å². The summed E-state index contributed by atoms with van der Waals surface area (Å²) in [7, 11) is 0. The van der Waals surface area contributed by atoms with Gasteiger partial charge >= 0.3 is 6.18 Å². The number of hydrogen-bond donors (Lipinski definition) is 2. The van der Waals surface area contributed by atoms with Crippen LogP contribution in [0, 0.1) is 5.41 Å². The van der Waals surface area contributed by atoms with Crippen molar-refractivity contribution in [2.45, 2.75) is 38.4 Å². The van der Waals surface area contributed by atoms with Gasteiger partial charge in [-0.15, -0.1) is 0 Å². The number of halogens is 3. The molecule has 6 heteroatoms. The van der Waals surface area contributed by atoms with Gasteiger partial charge in [-0.3, -0.25) is 5.41 Å². The number of rotatable bonds is 5. The van der Waals surface area contributed by atoms with Crippen LogP contribution in [-0.4, -0.2) is 18.4 Å². The molecule has 0 radical (unpaired) electrons. The topological polar surface area (TPSA) is 53.1 Å². The molecule has 3 nitrogen and oxygen atoms in total. The molecule has 0 saturated heterocycles. The number of nitrogens with two attached hydrogens (primary N) is 1. The Balaban J connectivity index is 2.41. The highest BCUT2D eigenvalue weighted by atomic mass is 19.4. The van der Waals surface area contributed by atoms with Gasteiger partial charge in [-0.1, -0.05) is 6.92 Å². The lowest BCUT2D eigenvalue weighted by atomic mass is 10.0. The molecule has 1 fully saturated rings. The molecule has 0 spiro atoms. The van der Waals surface area contributed by atoms with Crippen LogP contribution in [0.5, 0.6) is 0 Å². The van der Waals surface area contributed by atoms with Crippen LogP contribution in [0.15, 0.2) is 18.2 Å². The molecule has 0 aliphatic heterocycles. The number of benzene rings is 1. The lowest BCUT2D eigenvalue weighted by Crippen LogP contribution is -2.27. The zero-order valence-corrected chi connectivity index (χ0v) is 11.3. The summed E-state index contributed by atoms with van der Waals surface area (Å²) in [6.45, 7) is 2.83. The second-order valence-corrected chi connectivity index (χ2v) is 5.07. The van der Waals surface area contributed by atoms with E-state index in [1.165, 1.54) is 12.1 Å². The van der Waals surface area contributed by atoms with Gasteiger partial charge in [-0.25, -0.2) is 0 Å². The molecule has 0 heterocycles. The first kappa shape index (κ1) is 14.7. The smallest absolute Gasteiger partial charge is 0.384 e. The lowest BCUT2D eigenvalue weighted by Gasteiger charge is -2.25. The van der Waals surface area contributed by atoms with E-state index < -0.39 is 17.6 Å². The summed E-state index contributed by atoms with van der Waals surface area (Å²) in [4.78, 5) is 2.10. The summed E-state index contributed by atoms with van der Waals surface area (Å²) in [6, 6.07) is 4.30. The van der Waals surface area contributed by atoms with E-state index in [-0.39, 0.29) is 5.56 Å². The lowest BCUT2D eigenvalue weighted by molar-refractivity contribution is -0.137. The summed E-state index contributed by atoms with van der Waals surface area (Å²) in [5, 5.41) is 7.38. The van der Waals surface area contributed by atoms with Gasteiger partial charge in [0.05, 0.1) is 5.56 Å². The number of anilines is 1. The Hall–Kier alpha value is -1.72. The summed E-state index contributed by atoms with van der Waals surface area (Å²) in [6.07, 6.45) is -1.44. The summed E-state index contributed by atoms with van der Waals surface area (Å²) in [5.74, 6) is -0.550. The van der Waals surface area contributed by atoms with Gasteiger partial charge in [0, 0.05) is 23.8 Å². The highest BCUT2D eigenvalue weighted by Gasteiger charge is 2.35. The van der Waals surface area contributed by atoms with Gasteiger partial charge in [-0.2, -0.15) is 13.2 Å². The Labute approximate surface area is 116 Å². The average Bonchev–Trinajstić information content (AvgIpc) is 3.18. The van der Waals surface area contributed by atoms with E-state index >= 15 is 0 Å². The highest BCUT2D eigenvalue weighted by Crippen LogP contribution is 2.36. The average molecular weight is 285 g/mol. The van der Waals surface area contributed by atoms with Crippen LogP contribution < -0.4 is 10.6 Å². The van der Waals surface area contributed by atoms with Crippen molar-refractivity contribution in [1.82, 2.24) is 0 Å². The minimum atomic E-state index is -4.49. The molecule has 1 saturated carbocycles. The van der Waals surface area contributed by atoms with Crippen molar-refractivity contribution in [1.29, 1.82) is 5.41 Å². The minimum Gasteiger partial charge on any atom is -0.384 e. The number of amidine groups is 1. The van der Waals surface area contributed by atoms with Crippen molar-refractivity contribution in [3.8, 4) is 0 Å². The van der Waals surface area contributed by atoms with Crippen LogP contribution in [0.3, 0.4) is 0 Å². The fourth-order valence-electron chi connectivity index (χ4n) is 2.33. The minimum absolute atomic E-state index is 0.239. The van der Waals surface area contributed by atoms with Crippen molar-refractivity contribution in [2.24, 2.45) is 5.73 Å². The van der Waals surface area contributed by atoms with Crippen LogP contribution in [0.25, 0.3) is 0 Å². The molecule has 1 aliphatic rings. The third kappa shape index (κ3) is 3.05. The number of nitrogens with one attached hydrogen (secondary N) is 1. The molecular formula is C14H18F3N3. The molecule has 3 N–H and O–H groups in total. The van der Waals surface area contributed by atoms with E-state index in [1.54, 1.807) is 0 Å². The highest BCUT2D eigenvalue weighted by molar-refractivity contribution is 5.97. The zero-order chi connectivity index (χ0) is 14.9. The zero-order valence-electron chi connectivity index (χ0n) is 11.3. The van der Waals surface area contributed by atoms with E-state index in [0.717, 1.165) is 31.9 Å². The number of nitrogen functional groups attached to an aromatic ring is 1. The van der Waals surface area contributed by atoms with Crippen molar-refractivity contribution in [3.63, 3.8) is 0 Å². The molecule has 0 aromatic heterocycles. The van der Waals surface area contributed by atoms with Crippen LogP contribution in [0.4, 0.5) is 18.9 Å². The van der Waals surface area contributed by atoms with E-state index in [9.17, 15) is 13.2 Å². The van der Waals surface area contributed by atoms with E-state index in [2.05, 4.69) is 4.90 Å². The second-order valence-electron chi connectivity index (χ2n) is 5.07. The van der Waals surface area contributed by atoms with Crippen molar-refractivity contribution >= 4 is 11.5 Å². The van der Waals surface area contributed by atoms with Gasteiger partial charge in [0.1, 0.15) is 5.84 Å². The van der Waals surface area contributed by atoms with E-state index in [4.69, 9.17) is 11.1 Å². The fourth-order valence-corrected chi connectivity index (χ4v) is 2.33. The molecule has 1 aromatic rings. The maximum Gasteiger partial charge on any atom is 0.417 e. The fraction of sp³-hybridized carbons (Fsp3) is 0.500. The molecule has 1 aliphatic carbocycles. The normalized spacial score (nSPS) is 15.2. The predicted octanol–water partition coefficient (Wildman–Crippen LogP) is 3.37. The van der Waals surface area contributed by atoms with Crippen LogP contribution in [-0.2, 0) is 6.18 Å². The van der Waals surface area contributed by atoms with Crippen molar-refractivity contribution < 1.29 is 13.2 Å². The molecule has 0 atom stereocenters. The third-order valence-corrected chi connectivity index (χ3v) is 3.38. The maximum atomic E-state index is 12.9. The first-order chi connectivity index (χ1) is 9.34. The maximum absolute atomic E-state index is 12.9. The molecular weight excluding hydrogens is 267 g/mol. The summed E-state index contributed by atoms with van der Waals surface area (Å²) < 4.78 is 38.7. The Kier molecular flexibility index (Phi) is 3.92. The van der Waals surface area contributed by atoms with E-state index in [1.807, 2.05) is 6.92 Å². The van der Waals surface area contributed by atoms with Crippen LogP contribution in [0.2, 0.25) is 0 Å². The number of hydrogen-bond acceptors (Lipinski definition) is 2. The Bertz CT molecular complexity index is 507. The Morgan fingerprint density at radius 3 is 2.50 bits per heavy atom. The van der Waals surface area contributed by atoms with E-state index in [0.29, 0.717) is 11.7 Å². The van der Waals surface area contributed by atoms with Gasteiger partial charge in [0.2, 0.25) is 0 Å².